The number of aromatic hydroxyl groups is 1. The number of phenols is 1. The second kappa shape index (κ2) is 9.56. The lowest BCUT2D eigenvalue weighted by molar-refractivity contribution is -0.139. The van der Waals surface area contributed by atoms with Gasteiger partial charge < -0.3 is 19.3 Å². The molecule has 0 radical (unpaired) electrons. The number of aromatic nitrogens is 1. The zero-order valence-corrected chi connectivity index (χ0v) is 20.0. The van der Waals surface area contributed by atoms with Gasteiger partial charge in [-0.2, -0.15) is 0 Å². The molecule has 0 fully saturated rings. The maximum absolute atomic E-state index is 13.6. The molecule has 176 valence electrons. The normalized spacial score (nSPS) is 15.5. The van der Waals surface area contributed by atoms with Crippen molar-refractivity contribution >= 4 is 23.4 Å². The SMILES string of the molecule is CCOC(=O)C1=C(C)N=c2s/c(=C\c3ccc(O)cc3)c(=O)n2C1c1cc(OC)ccc1OC. The van der Waals surface area contributed by atoms with Crippen molar-refractivity contribution in [3.63, 3.8) is 0 Å². The fraction of sp³-hybridized carbons (Fsp3) is 0.240. The van der Waals surface area contributed by atoms with E-state index in [2.05, 4.69) is 4.99 Å². The van der Waals surface area contributed by atoms with E-state index < -0.39 is 12.0 Å². The molecule has 0 saturated heterocycles. The summed E-state index contributed by atoms with van der Waals surface area (Å²) in [5.74, 6) is 0.639. The quantitative estimate of drug-likeness (QED) is 0.545. The summed E-state index contributed by atoms with van der Waals surface area (Å²) in [6.45, 7) is 3.63. The molecule has 3 aromatic rings. The van der Waals surface area contributed by atoms with Crippen LogP contribution in [0.5, 0.6) is 17.2 Å². The fourth-order valence-electron chi connectivity index (χ4n) is 3.86. The minimum atomic E-state index is -0.817. The fourth-order valence-corrected chi connectivity index (χ4v) is 4.91. The number of thiazole rings is 1. The van der Waals surface area contributed by atoms with Gasteiger partial charge >= 0.3 is 5.97 Å². The summed E-state index contributed by atoms with van der Waals surface area (Å²) >= 11 is 1.22. The molecule has 1 unspecified atom stereocenters. The van der Waals surface area contributed by atoms with Gasteiger partial charge in [0.05, 0.1) is 36.6 Å². The Hall–Kier alpha value is -3.85. The molecule has 1 aromatic heterocycles. The Balaban J connectivity index is 2.01. The van der Waals surface area contributed by atoms with Crippen LogP contribution in [0.3, 0.4) is 0 Å². The van der Waals surface area contributed by atoms with Crippen LogP contribution in [0.1, 0.15) is 31.0 Å². The zero-order chi connectivity index (χ0) is 24.4. The number of hydrogen-bond donors (Lipinski definition) is 1. The Morgan fingerprint density at radius 1 is 1.18 bits per heavy atom. The third kappa shape index (κ3) is 4.22. The number of rotatable bonds is 6. The molecule has 0 aliphatic carbocycles. The number of fused-ring (bicyclic) bond motifs is 1. The number of methoxy groups -OCH3 is 2. The predicted molar refractivity (Wildman–Crippen MR) is 128 cm³/mol. The van der Waals surface area contributed by atoms with E-state index in [-0.39, 0.29) is 23.5 Å². The van der Waals surface area contributed by atoms with Crippen LogP contribution in [0.4, 0.5) is 0 Å². The van der Waals surface area contributed by atoms with Crippen LogP contribution in [-0.4, -0.2) is 36.5 Å². The second-order valence-electron chi connectivity index (χ2n) is 7.50. The van der Waals surface area contributed by atoms with Gasteiger partial charge in [-0.05, 0) is 55.8 Å². The number of esters is 1. The van der Waals surface area contributed by atoms with E-state index in [1.165, 1.54) is 23.0 Å². The summed E-state index contributed by atoms with van der Waals surface area (Å²) in [6, 6.07) is 10.9. The Labute approximate surface area is 199 Å². The van der Waals surface area contributed by atoms with E-state index in [4.69, 9.17) is 14.2 Å². The third-order valence-electron chi connectivity index (χ3n) is 5.44. The van der Waals surface area contributed by atoms with E-state index in [1.807, 2.05) is 0 Å². The molecule has 2 heterocycles. The standard InChI is InChI=1S/C25H24N2O6S/c1-5-33-24(30)21-14(2)26-25-27(22(21)18-13-17(31-3)10-11-19(18)32-4)23(29)20(34-25)12-15-6-8-16(28)9-7-15/h6-13,22,28H,5H2,1-4H3/b20-12-. The number of allylic oxidation sites excluding steroid dienone is 1. The summed E-state index contributed by atoms with van der Waals surface area (Å²) < 4.78 is 18.3. The first kappa shape index (κ1) is 23.3. The van der Waals surface area contributed by atoms with Gasteiger partial charge in [0.25, 0.3) is 5.56 Å². The Morgan fingerprint density at radius 3 is 2.56 bits per heavy atom. The Bertz CT molecular complexity index is 1450. The Morgan fingerprint density at radius 2 is 1.91 bits per heavy atom. The molecule has 4 rings (SSSR count). The average Bonchev–Trinajstić information content (AvgIpc) is 3.13. The molecule has 1 aliphatic rings. The maximum Gasteiger partial charge on any atom is 0.338 e. The van der Waals surface area contributed by atoms with E-state index >= 15 is 0 Å². The molecule has 34 heavy (non-hydrogen) atoms. The molecule has 0 bridgehead atoms. The van der Waals surface area contributed by atoms with Crippen LogP contribution in [-0.2, 0) is 9.53 Å². The van der Waals surface area contributed by atoms with Crippen LogP contribution in [0.15, 0.2) is 63.5 Å². The van der Waals surface area contributed by atoms with Crippen LogP contribution >= 0.6 is 11.3 Å². The Kier molecular flexibility index (Phi) is 6.56. The topological polar surface area (TPSA) is 99.4 Å². The lowest BCUT2D eigenvalue weighted by Crippen LogP contribution is -2.40. The lowest BCUT2D eigenvalue weighted by Gasteiger charge is -2.26. The molecule has 1 N–H and O–H groups in total. The molecule has 2 aromatic carbocycles. The van der Waals surface area contributed by atoms with Crippen LogP contribution in [0.25, 0.3) is 6.08 Å². The third-order valence-corrected chi connectivity index (χ3v) is 6.42. The van der Waals surface area contributed by atoms with Crippen molar-refractivity contribution in [2.24, 2.45) is 4.99 Å². The highest BCUT2D eigenvalue weighted by Gasteiger charge is 2.35. The average molecular weight is 481 g/mol. The molecule has 0 saturated carbocycles. The van der Waals surface area contributed by atoms with E-state index in [0.29, 0.717) is 32.1 Å². The van der Waals surface area contributed by atoms with Gasteiger partial charge in [-0.1, -0.05) is 23.5 Å². The van der Waals surface area contributed by atoms with Gasteiger partial charge in [0.1, 0.15) is 23.3 Å². The van der Waals surface area contributed by atoms with E-state index in [9.17, 15) is 14.7 Å². The van der Waals surface area contributed by atoms with E-state index in [0.717, 1.165) is 5.56 Å². The number of hydrogen-bond acceptors (Lipinski definition) is 8. The molecule has 8 nitrogen and oxygen atoms in total. The number of phenolic OH excluding ortho intramolecular Hbond substituents is 1. The highest BCUT2D eigenvalue weighted by Crippen LogP contribution is 2.37. The maximum atomic E-state index is 13.6. The highest BCUT2D eigenvalue weighted by atomic mass is 32.1. The number of nitrogens with zero attached hydrogens (tertiary/aromatic N) is 2. The predicted octanol–water partition coefficient (Wildman–Crippen LogP) is 2.52. The van der Waals surface area contributed by atoms with Crippen LogP contribution in [0, 0.1) is 0 Å². The minimum Gasteiger partial charge on any atom is -0.508 e. The van der Waals surface area contributed by atoms with Crippen molar-refractivity contribution < 1.29 is 24.1 Å². The lowest BCUT2D eigenvalue weighted by atomic mass is 9.94. The van der Waals surface area contributed by atoms with Crippen LogP contribution < -0.4 is 24.4 Å². The number of carbonyl (C=O) groups is 1. The highest BCUT2D eigenvalue weighted by molar-refractivity contribution is 7.07. The smallest absolute Gasteiger partial charge is 0.338 e. The number of carbonyl (C=O) groups excluding carboxylic acids is 1. The summed E-state index contributed by atoms with van der Waals surface area (Å²) in [6.07, 6.45) is 1.73. The molecular weight excluding hydrogens is 456 g/mol. The van der Waals surface area contributed by atoms with Gasteiger partial charge in [0, 0.05) is 5.56 Å². The molecular formula is C25H24N2O6S. The second-order valence-corrected chi connectivity index (χ2v) is 8.51. The molecule has 1 aliphatic heterocycles. The van der Waals surface area contributed by atoms with Crippen molar-refractivity contribution in [1.29, 1.82) is 0 Å². The van der Waals surface area contributed by atoms with Crippen molar-refractivity contribution in [2.75, 3.05) is 20.8 Å². The van der Waals surface area contributed by atoms with E-state index in [1.54, 1.807) is 69.5 Å². The van der Waals surface area contributed by atoms with Crippen molar-refractivity contribution in [1.82, 2.24) is 4.57 Å². The van der Waals surface area contributed by atoms with Crippen LogP contribution in [0.2, 0.25) is 0 Å². The largest absolute Gasteiger partial charge is 0.508 e. The summed E-state index contributed by atoms with van der Waals surface area (Å²) in [5, 5.41) is 9.55. The summed E-state index contributed by atoms with van der Waals surface area (Å²) in [7, 11) is 3.07. The van der Waals surface area contributed by atoms with Gasteiger partial charge in [0.15, 0.2) is 4.80 Å². The van der Waals surface area contributed by atoms with Crippen molar-refractivity contribution in [3.8, 4) is 17.2 Å². The monoisotopic (exact) mass is 480 g/mol. The summed E-state index contributed by atoms with van der Waals surface area (Å²) in [4.78, 5) is 31.7. The molecule has 0 amide bonds. The van der Waals surface area contributed by atoms with Crippen molar-refractivity contribution in [3.05, 3.63) is 84.5 Å². The first-order valence-electron chi connectivity index (χ1n) is 10.6. The van der Waals surface area contributed by atoms with Gasteiger partial charge in [0.2, 0.25) is 0 Å². The van der Waals surface area contributed by atoms with Gasteiger partial charge in [-0.3, -0.25) is 9.36 Å². The molecule has 1 atom stereocenters. The minimum absolute atomic E-state index is 0.137. The number of benzene rings is 2. The molecule has 0 spiro atoms. The number of ether oxygens (including phenoxy) is 3. The first-order valence-corrected chi connectivity index (χ1v) is 11.4. The summed E-state index contributed by atoms with van der Waals surface area (Å²) in [5.41, 5.74) is 1.75. The van der Waals surface area contributed by atoms with Gasteiger partial charge in [-0.15, -0.1) is 0 Å². The first-order chi connectivity index (χ1) is 16.4. The van der Waals surface area contributed by atoms with Crippen molar-refractivity contribution in [2.45, 2.75) is 19.9 Å². The zero-order valence-electron chi connectivity index (χ0n) is 19.2. The molecule has 9 heteroatoms. The van der Waals surface area contributed by atoms with Gasteiger partial charge in [-0.25, -0.2) is 9.79 Å².